The smallest absolute Gasteiger partial charge is 0.339 e. The van der Waals surface area contributed by atoms with Gasteiger partial charge in [-0.2, -0.15) is 0 Å². The first-order chi connectivity index (χ1) is 14.6. The number of carbonyl (C=O) groups excluding carboxylic acids is 1. The summed E-state index contributed by atoms with van der Waals surface area (Å²) < 4.78 is 11.3. The number of halogens is 1. The molecule has 2 aromatic heterocycles. The summed E-state index contributed by atoms with van der Waals surface area (Å²) in [6.45, 7) is 1.70. The first kappa shape index (κ1) is 20.1. The number of nitrogens with zero attached hydrogens (tertiary/aromatic N) is 2. The number of aromatic nitrogens is 2. The SMILES string of the molecule is CC(OC(=O)/C(=C/c1ccccc1)c1ccc(Cl)cc1)c1nnc(-c2cccs2)o1. The maximum atomic E-state index is 13.0. The van der Waals surface area contributed by atoms with Crippen LogP contribution in [0, 0.1) is 0 Å². The Balaban J connectivity index is 1.58. The molecule has 0 saturated carbocycles. The van der Waals surface area contributed by atoms with E-state index in [0.717, 1.165) is 10.4 Å². The molecule has 0 aliphatic rings. The minimum absolute atomic E-state index is 0.238. The van der Waals surface area contributed by atoms with E-state index in [2.05, 4.69) is 10.2 Å². The van der Waals surface area contributed by atoms with E-state index >= 15 is 0 Å². The number of rotatable bonds is 6. The summed E-state index contributed by atoms with van der Waals surface area (Å²) in [7, 11) is 0. The van der Waals surface area contributed by atoms with Crippen molar-refractivity contribution in [2.75, 3.05) is 0 Å². The van der Waals surface area contributed by atoms with Crippen LogP contribution in [-0.2, 0) is 9.53 Å². The summed E-state index contributed by atoms with van der Waals surface area (Å²) in [6.07, 6.45) is 1.08. The number of ether oxygens (including phenoxy) is 1. The summed E-state index contributed by atoms with van der Waals surface area (Å²) in [5.41, 5.74) is 1.98. The lowest BCUT2D eigenvalue weighted by Crippen LogP contribution is -2.11. The van der Waals surface area contributed by atoms with Crippen LogP contribution in [0.1, 0.15) is 30.0 Å². The maximum absolute atomic E-state index is 13.0. The second kappa shape index (κ2) is 9.07. The molecule has 0 aliphatic heterocycles. The van der Waals surface area contributed by atoms with E-state index in [1.807, 2.05) is 47.8 Å². The van der Waals surface area contributed by atoms with E-state index < -0.39 is 12.1 Å². The van der Waals surface area contributed by atoms with Gasteiger partial charge < -0.3 is 9.15 Å². The largest absolute Gasteiger partial charge is 0.449 e. The average Bonchev–Trinajstić information content (AvgIpc) is 3.45. The van der Waals surface area contributed by atoms with Gasteiger partial charge in [0.2, 0.25) is 0 Å². The van der Waals surface area contributed by atoms with Crippen LogP contribution in [0.5, 0.6) is 0 Å². The van der Waals surface area contributed by atoms with Gasteiger partial charge in [0.05, 0.1) is 10.5 Å². The lowest BCUT2D eigenvalue weighted by atomic mass is 10.0. The number of carbonyl (C=O) groups is 1. The van der Waals surface area contributed by atoms with Crippen LogP contribution < -0.4 is 0 Å². The van der Waals surface area contributed by atoms with E-state index in [0.29, 0.717) is 22.0 Å². The van der Waals surface area contributed by atoms with Gasteiger partial charge in [-0.05, 0) is 47.7 Å². The third-order valence-corrected chi connectivity index (χ3v) is 5.40. The van der Waals surface area contributed by atoms with E-state index in [4.69, 9.17) is 20.8 Å². The Labute approximate surface area is 182 Å². The molecule has 30 heavy (non-hydrogen) atoms. The monoisotopic (exact) mass is 436 g/mol. The van der Waals surface area contributed by atoms with Gasteiger partial charge in [-0.3, -0.25) is 0 Å². The van der Waals surface area contributed by atoms with Crippen molar-refractivity contribution in [1.29, 1.82) is 0 Å². The van der Waals surface area contributed by atoms with Gasteiger partial charge in [0.1, 0.15) is 0 Å². The Hall–Kier alpha value is -3.22. The predicted octanol–water partition coefficient (Wildman–Crippen LogP) is 6.30. The van der Waals surface area contributed by atoms with Gasteiger partial charge in [0.15, 0.2) is 6.10 Å². The number of thiophene rings is 1. The predicted molar refractivity (Wildman–Crippen MR) is 118 cm³/mol. The number of hydrogen-bond donors (Lipinski definition) is 0. The summed E-state index contributed by atoms with van der Waals surface area (Å²) in [5.74, 6) is 0.145. The van der Waals surface area contributed by atoms with Gasteiger partial charge in [0, 0.05) is 5.02 Å². The normalized spacial score (nSPS) is 12.5. The van der Waals surface area contributed by atoms with Crippen molar-refractivity contribution in [2.45, 2.75) is 13.0 Å². The van der Waals surface area contributed by atoms with Crippen LogP contribution >= 0.6 is 22.9 Å². The molecule has 2 heterocycles. The van der Waals surface area contributed by atoms with Gasteiger partial charge >= 0.3 is 5.97 Å². The molecule has 4 rings (SSSR count). The Morgan fingerprint density at radius 1 is 1.07 bits per heavy atom. The molecule has 0 N–H and O–H groups in total. The summed E-state index contributed by atoms with van der Waals surface area (Å²) in [4.78, 5) is 13.9. The van der Waals surface area contributed by atoms with Crippen molar-refractivity contribution in [3.05, 3.63) is 94.2 Å². The highest BCUT2D eigenvalue weighted by Crippen LogP contribution is 2.28. The van der Waals surface area contributed by atoms with Crippen LogP contribution in [0.4, 0.5) is 0 Å². The molecule has 2 aromatic carbocycles. The van der Waals surface area contributed by atoms with Crippen molar-refractivity contribution in [1.82, 2.24) is 10.2 Å². The zero-order valence-corrected chi connectivity index (χ0v) is 17.6. The highest BCUT2D eigenvalue weighted by Gasteiger charge is 2.22. The summed E-state index contributed by atoms with van der Waals surface area (Å²) in [6, 6.07) is 20.4. The fourth-order valence-corrected chi connectivity index (χ4v) is 3.55. The maximum Gasteiger partial charge on any atom is 0.339 e. The Bertz CT molecular complexity index is 1150. The van der Waals surface area contributed by atoms with Crippen molar-refractivity contribution in [3.63, 3.8) is 0 Å². The van der Waals surface area contributed by atoms with Crippen molar-refractivity contribution < 1.29 is 13.9 Å². The van der Waals surface area contributed by atoms with Crippen LogP contribution in [0.15, 0.2) is 76.5 Å². The first-order valence-electron chi connectivity index (χ1n) is 9.21. The molecule has 0 radical (unpaired) electrons. The van der Waals surface area contributed by atoms with Crippen molar-refractivity contribution in [2.24, 2.45) is 0 Å². The molecule has 0 aliphatic carbocycles. The van der Waals surface area contributed by atoms with Crippen LogP contribution in [0.2, 0.25) is 5.02 Å². The van der Waals surface area contributed by atoms with Gasteiger partial charge in [-0.25, -0.2) is 4.79 Å². The molecule has 0 bridgehead atoms. The molecular weight excluding hydrogens is 420 g/mol. The molecule has 0 saturated heterocycles. The Morgan fingerprint density at radius 3 is 2.53 bits per heavy atom. The topological polar surface area (TPSA) is 65.2 Å². The molecule has 150 valence electrons. The van der Waals surface area contributed by atoms with Crippen LogP contribution in [0.3, 0.4) is 0 Å². The fraction of sp³-hybridized carbons (Fsp3) is 0.0870. The standard InChI is InChI=1S/C23H17ClN2O3S/c1-15(21-25-26-22(29-21)20-8-5-13-30-20)28-23(27)19(14-16-6-3-2-4-7-16)17-9-11-18(24)12-10-17/h2-15H,1H3/b19-14+. The summed E-state index contributed by atoms with van der Waals surface area (Å²) in [5, 5.41) is 10.6. The van der Waals surface area contributed by atoms with E-state index in [1.165, 1.54) is 11.3 Å². The Kier molecular flexibility index (Phi) is 6.07. The van der Waals surface area contributed by atoms with Crippen LogP contribution in [0.25, 0.3) is 22.4 Å². The lowest BCUT2D eigenvalue weighted by molar-refractivity contribution is -0.142. The molecule has 4 aromatic rings. The molecule has 0 fully saturated rings. The van der Waals surface area contributed by atoms with Gasteiger partial charge in [0.25, 0.3) is 11.8 Å². The van der Waals surface area contributed by atoms with Gasteiger partial charge in [-0.15, -0.1) is 21.5 Å². The number of hydrogen-bond acceptors (Lipinski definition) is 6. The zero-order chi connectivity index (χ0) is 20.9. The highest BCUT2D eigenvalue weighted by molar-refractivity contribution is 7.13. The third-order valence-electron chi connectivity index (χ3n) is 4.29. The Morgan fingerprint density at radius 2 is 1.83 bits per heavy atom. The number of benzene rings is 2. The minimum Gasteiger partial charge on any atom is -0.449 e. The summed E-state index contributed by atoms with van der Waals surface area (Å²) >= 11 is 7.50. The van der Waals surface area contributed by atoms with E-state index in [9.17, 15) is 4.79 Å². The molecular formula is C23H17ClN2O3S. The van der Waals surface area contributed by atoms with E-state index in [-0.39, 0.29) is 5.89 Å². The minimum atomic E-state index is -0.704. The third kappa shape index (κ3) is 4.67. The fourth-order valence-electron chi connectivity index (χ4n) is 2.78. The first-order valence-corrected chi connectivity index (χ1v) is 10.5. The van der Waals surface area contributed by atoms with Crippen molar-refractivity contribution >= 4 is 40.6 Å². The van der Waals surface area contributed by atoms with Crippen LogP contribution in [-0.4, -0.2) is 16.2 Å². The molecule has 1 atom stereocenters. The molecule has 5 nitrogen and oxygen atoms in total. The molecule has 0 amide bonds. The van der Waals surface area contributed by atoms with Gasteiger partial charge in [-0.1, -0.05) is 60.1 Å². The van der Waals surface area contributed by atoms with E-state index in [1.54, 1.807) is 37.3 Å². The average molecular weight is 437 g/mol. The van der Waals surface area contributed by atoms with Crippen molar-refractivity contribution in [3.8, 4) is 10.8 Å². The second-order valence-electron chi connectivity index (χ2n) is 6.45. The zero-order valence-electron chi connectivity index (χ0n) is 16.0. The number of esters is 1. The quantitative estimate of drug-likeness (QED) is 0.202. The highest BCUT2D eigenvalue weighted by atomic mass is 35.5. The lowest BCUT2D eigenvalue weighted by Gasteiger charge is -2.12. The molecule has 1 unspecified atom stereocenters. The molecule has 0 spiro atoms. The molecule has 7 heteroatoms. The second-order valence-corrected chi connectivity index (χ2v) is 7.83.